The number of fused-ring (bicyclic) bond motifs is 1. The fourth-order valence-electron chi connectivity index (χ4n) is 1.95. The molecule has 0 radical (unpaired) electrons. The zero-order chi connectivity index (χ0) is 13.4. The highest BCUT2D eigenvalue weighted by Crippen LogP contribution is 2.22. The zero-order valence-electron chi connectivity index (χ0n) is 9.59. The summed E-state index contributed by atoms with van der Waals surface area (Å²) in [5, 5.41) is 9.50. The summed E-state index contributed by atoms with van der Waals surface area (Å²) in [6, 6.07) is 9.28. The Kier molecular flexibility index (Phi) is 2.83. The van der Waals surface area contributed by atoms with Crippen LogP contribution in [0.3, 0.4) is 0 Å². The second-order valence-corrected chi connectivity index (χ2v) is 5.10. The Hall–Kier alpha value is -2.14. The Bertz CT molecular complexity index is 872. The van der Waals surface area contributed by atoms with Gasteiger partial charge in [0, 0.05) is 15.5 Å². The molecule has 0 fully saturated rings. The lowest BCUT2D eigenvalue weighted by Gasteiger charge is -2.04. The summed E-state index contributed by atoms with van der Waals surface area (Å²) >= 11 is 2.10. The average Bonchev–Trinajstić information content (AvgIpc) is 2.78. The van der Waals surface area contributed by atoms with Gasteiger partial charge in [-0.2, -0.15) is 5.26 Å². The van der Waals surface area contributed by atoms with Crippen LogP contribution >= 0.6 is 22.6 Å². The lowest BCUT2D eigenvalue weighted by Crippen LogP contribution is -2.07. The highest BCUT2D eigenvalue weighted by atomic mass is 127. The van der Waals surface area contributed by atoms with Gasteiger partial charge in [0.2, 0.25) is 0 Å². The van der Waals surface area contributed by atoms with E-state index in [1.54, 1.807) is 18.2 Å². The van der Waals surface area contributed by atoms with E-state index in [9.17, 15) is 4.79 Å². The summed E-state index contributed by atoms with van der Waals surface area (Å²) < 4.78 is 2.64. The summed E-state index contributed by atoms with van der Waals surface area (Å²) in [6.07, 6.45) is 3.22. The molecule has 0 aliphatic rings. The number of nitrogens with zero attached hydrogens (tertiary/aromatic N) is 3. The molecule has 0 saturated heterocycles. The molecule has 0 bridgehead atoms. The number of aromatic nitrogens is 3. The minimum absolute atomic E-state index is 0.162. The number of nitrogens with one attached hydrogen (secondary N) is 1. The normalized spacial score (nSPS) is 10.5. The third kappa shape index (κ3) is 1.92. The highest BCUT2D eigenvalue weighted by molar-refractivity contribution is 14.1. The van der Waals surface area contributed by atoms with Gasteiger partial charge in [-0.15, -0.1) is 0 Å². The van der Waals surface area contributed by atoms with Crippen molar-refractivity contribution in [2.75, 3.05) is 0 Å². The number of H-pyrrole nitrogens is 1. The van der Waals surface area contributed by atoms with Crippen LogP contribution in [0.25, 0.3) is 16.7 Å². The van der Waals surface area contributed by atoms with E-state index in [4.69, 9.17) is 5.26 Å². The SMILES string of the molecule is N#Cc1cccc(-n2cc(I)c3c(=O)[nH]cnc32)c1. The Morgan fingerprint density at radius 3 is 3.05 bits per heavy atom. The lowest BCUT2D eigenvalue weighted by molar-refractivity contribution is 1.06. The molecule has 0 saturated carbocycles. The van der Waals surface area contributed by atoms with Crippen molar-refractivity contribution in [3.63, 3.8) is 0 Å². The largest absolute Gasteiger partial charge is 0.312 e. The van der Waals surface area contributed by atoms with E-state index in [2.05, 4.69) is 38.6 Å². The fourth-order valence-corrected chi connectivity index (χ4v) is 2.71. The number of hydrogen-bond acceptors (Lipinski definition) is 3. The van der Waals surface area contributed by atoms with Gasteiger partial charge < -0.3 is 4.98 Å². The van der Waals surface area contributed by atoms with Gasteiger partial charge in [0.15, 0.2) is 5.65 Å². The standard InChI is InChI=1S/C13H7IN4O/c14-10-6-18(9-3-1-2-8(4-9)5-15)12-11(10)13(19)17-7-16-12/h1-4,6-7H,(H,16,17,19). The highest BCUT2D eigenvalue weighted by Gasteiger charge is 2.12. The van der Waals surface area contributed by atoms with Crippen LogP contribution in [0.2, 0.25) is 0 Å². The van der Waals surface area contributed by atoms with Crippen molar-refractivity contribution in [2.45, 2.75) is 0 Å². The predicted octanol–water partition coefficient (Wildman–Crippen LogP) is 2.19. The molecule has 0 spiro atoms. The van der Waals surface area contributed by atoms with Crippen molar-refractivity contribution in [3.8, 4) is 11.8 Å². The molecule has 3 aromatic rings. The van der Waals surface area contributed by atoms with E-state index in [-0.39, 0.29) is 5.56 Å². The van der Waals surface area contributed by atoms with E-state index in [0.717, 1.165) is 9.26 Å². The maximum atomic E-state index is 11.8. The molecule has 1 N–H and O–H groups in total. The first-order chi connectivity index (χ1) is 9.20. The van der Waals surface area contributed by atoms with Crippen molar-refractivity contribution >= 4 is 33.6 Å². The summed E-state index contributed by atoms with van der Waals surface area (Å²) in [4.78, 5) is 18.6. The summed E-state index contributed by atoms with van der Waals surface area (Å²) in [6.45, 7) is 0. The molecule has 0 aliphatic heterocycles. The molecule has 2 aromatic heterocycles. The molecule has 0 unspecified atom stereocenters. The van der Waals surface area contributed by atoms with Gasteiger partial charge in [0.1, 0.15) is 0 Å². The maximum Gasteiger partial charge on any atom is 0.261 e. The van der Waals surface area contributed by atoms with Gasteiger partial charge in [0.25, 0.3) is 5.56 Å². The fraction of sp³-hybridized carbons (Fsp3) is 0. The molecular formula is C13H7IN4O. The van der Waals surface area contributed by atoms with Gasteiger partial charge in [-0.1, -0.05) is 6.07 Å². The Morgan fingerprint density at radius 2 is 2.26 bits per heavy atom. The molecular weight excluding hydrogens is 355 g/mol. The summed E-state index contributed by atoms with van der Waals surface area (Å²) in [5.41, 5.74) is 1.80. The van der Waals surface area contributed by atoms with E-state index in [1.165, 1.54) is 6.33 Å². The Morgan fingerprint density at radius 1 is 1.42 bits per heavy atom. The number of hydrogen-bond donors (Lipinski definition) is 1. The maximum absolute atomic E-state index is 11.8. The molecule has 92 valence electrons. The number of halogens is 1. The molecule has 2 heterocycles. The topological polar surface area (TPSA) is 74.5 Å². The van der Waals surface area contributed by atoms with Gasteiger partial charge in [-0.3, -0.25) is 9.36 Å². The Labute approximate surface area is 121 Å². The first-order valence-electron chi connectivity index (χ1n) is 5.45. The molecule has 19 heavy (non-hydrogen) atoms. The number of benzene rings is 1. The second kappa shape index (κ2) is 4.51. The van der Waals surface area contributed by atoms with Crippen LogP contribution in [0.1, 0.15) is 5.56 Å². The molecule has 0 amide bonds. The quantitative estimate of drug-likeness (QED) is 0.675. The van der Waals surface area contributed by atoms with Crippen molar-refractivity contribution in [3.05, 3.63) is 56.3 Å². The third-order valence-corrected chi connectivity index (χ3v) is 3.61. The van der Waals surface area contributed by atoms with Gasteiger partial charge >= 0.3 is 0 Å². The zero-order valence-corrected chi connectivity index (χ0v) is 11.7. The average molecular weight is 362 g/mol. The van der Waals surface area contributed by atoms with E-state index >= 15 is 0 Å². The Balaban J connectivity index is 2.35. The first-order valence-corrected chi connectivity index (χ1v) is 6.53. The predicted molar refractivity (Wildman–Crippen MR) is 79.1 cm³/mol. The van der Waals surface area contributed by atoms with Crippen LogP contribution in [0, 0.1) is 14.9 Å². The van der Waals surface area contributed by atoms with Crippen LogP contribution in [0.15, 0.2) is 41.6 Å². The first kappa shape index (κ1) is 11.9. The monoisotopic (exact) mass is 362 g/mol. The van der Waals surface area contributed by atoms with Gasteiger partial charge in [-0.05, 0) is 40.8 Å². The number of nitriles is 1. The number of rotatable bonds is 1. The molecule has 6 heteroatoms. The summed E-state index contributed by atoms with van der Waals surface area (Å²) in [7, 11) is 0. The van der Waals surface area contributed by atoms with Crippen LogP contribution in [0.4, 0.5) is 0 Å². The van der Waals surface area contributed by atoms with Crippen molar-refractivity contribution < 1.29 is 0 Å². The van der Waals surface area contributed by atoms with Crippen molar-refractivity contribution in [2.24, 2.45) is 0 Å². The van der Waals surface area contributed by atoms with Gasteiger partial charge in [0.05, 0.1) is 23.3 Å². The van der Waals surface area contributed by atoms with Crippen LogP contribution < -0.4 is 5.56 Å². The lowest BCUT2D eigenvalue weighted by atomic mass is 10.2. The second-order valence-electron chi connectivity index (χ2n) is 3.94. The van der Waals surface area contributed by atoms with Crippen LogP contribution in [0.5, 0.6) is 0 Å². The van der Waals surface area contributed by atoms with Gasteiger partial charge in [-0.25, -0.2) is 4.98 Å². The van der Waals surface area contributed by atoms with E-state index in [1.807, 2.05) is 16.8 Å². The van der Waals surface area contributed by atoms with Crippen molar-refractivity contribution in [1.82, 2.24) is 14.5 Å². The third-order valence-electron chi connectivity index (χ3n) is 2.80. The molecule has 3 rings (SSSR count). The minimum Gasteiger partial charge on any atom is -0.312 e. The molecule has 0 atom stereocenters. The summed E-state index contributed by atoms with van der Waals surface area (Å²) in [5.74, 6) is 0. The minimum atomic E-state index is -0.162. The smallest absolute Gasteiger partial charge is 0.261 e. The van der Waals surface area contributed by atoms with Crippen LogP contribution in [-0.4, -0.2) is 14.5 Å². The molecule has 1 aromatic carbocycles. The molecule has 0 aliphatic carbocycles. The van der Waals surface area contributed by atoms with Crippen molar-refractivity contribution in [1.29, 1.82) is 5.26 Å². The van der Waals surface area contributed by atoms with E-state index < -0.39 is 0 Å². The van der Waals surface area contributed by atoms with E-state index in [0.29, 0.717) is 16.6 Å². The molecule has 5 nitrogen and oxygen atoms in total. The van der Waals surface area contributed by atoms with Crippen LogP contribution in [-0.2, 0) is 0 Å². The number of aromatic amines is 1.